The maximum atomic E-state index is 13.0. The summed E-state index contributed by atoms with van der Waals surface area (Å²) in [7, 11) is 0. The number of piperidine rings is 1. The quantitative estimate of drug-likeness (QED) is 0.582. The van der Waals surface area contributed by atoms with Crippen molar-refractivity contribution in [1.82, 2.24) is 9.80 Å². The van der Waals surface area contributed by atoms with E-state index >= 15 is 0 Å². The highest BCUT2D eigenvalue weighted by Gasteiger charge is 2.28. The van der Waals surface area contributed by atoms with Gasteiger partial charge in [0, 0.05) is 31.2 Å². The molecule has 2 amide bonds. The van der Waals surface area contributed by atoms with Crippen LogP contribution in [0.5, 0.6) is 0 Å². The van der Waals surface area contributed by atoms with Gasteiger partial charge in [-0.25, -0.2) is 0 Å². The van der Waals surface area contributed by atoms with Gasteiger partial charge < -0.3 is 14.6 Å². The Morgan fingerprint density at radius 1 is 0.906 bits per heavy atom. The van der Waals surface area contributed by atoms with Crippen LogP contribution in [0.4, 0.5) is 5.69 Å². The van der Waals surface area contributed by atoms with Crippen LogP contribution in [-0.2, 0) is 22.7 Å². The fourth-order valence-corrected chi connectivity index (χ4v) is 4.08. The molecule has 6 heteroatoms. The second-order valence-electron chi connectivity index (χ2n) is 8.22. The standard InChI is InChI=1S/C26H29N3O3/c30-25(20-28(19-24-12-7-17-32-24)18-21-8-3-1-4-9-21)29-15-13-22(14-16-29)26(31)27-23-10-5-2-6-11-23/h1-12,17,22H,13-16,18-20H2,(H,27,31). The van der Waals surface area contributed by atoms with E-state index in [0.717, 1.165) is 17.0 Å². The van der Waals surface area contributed by atoms with Crippen LogP contribution in [0.2, 0.25) is 0 Å². The first-order valence-electron chi connectivity index (χ1n) is 11.1. The minimum Gasteiger partial charge on any atom is -0.468 e. The molecule has 0 atom stereocenters. The number of anilines is 1. The summed E-state index contributed by atoms with van der Waals surface area (Å²) in [6.45, 7) is 2.76. The molecule has 4 rings (SSSR count). The van der Waals surface area contributed by atoms with Crippen LogP contribution in [0.3, 0.4) is 0 Å². The molecule has 0 radical (unpaired) electrons. The van der Waals surface area contributed by atoms with E-state index in [4.69, 9.17) is 4.42 Å². The van der Waals surface area contributed by atoms with Crippen molar-refractivity contribution < 1.29 is 14.0 Å². The average molecular weight is 432 g/mol. The van der Waals surface area contributed by atoms with E-state index in [2.05, 4.69) is 22.3 Å². The van der Waals surface area contributed by atoms with Crippen molar-refractivity contribution in [2.75, 3.05) is 25.0 Å². The maximum absolute atomic E-state index is 13.0. The Kier molecular flexibility index (Phi) is 7.35. The van der Waals surface area contributed by atoms with Gasteiger partial charge >= 0.3 is 0 Å². The number of hydrogen-bond acceptors (Lipinski definition) is 4. The van der Waals surface area contributed by atoms with Crippen LogP contribution in [0.1, 0.15) is 24.2 Å². The third-order valence-electron chi connectivity index (χ3n) is 5.83. The minimum atomic E-state index is -0.0669. The molecule has 1 saturated heterocycles. The first-order valence-corrected chi connectivity index (χ1v) is 11.1. The summed E-state index contributed by atoms with van der Waals surface area (Å²) in [5, 5.41) is 2.98. The molecular weight excluding hydrogens is 402 g/mol. The largest absolute Gasteiger partial charge is 0.468 e. The molecule has 1 aliphatic heterocycles. The number of carbonyl (C=O) groups is 2. The van der Waals surface area contributed by atoms with Gasteiger partial charge in [0.2, 0.25) is 11.8 Å². The van der Waals surface area contributed by atoms with Crippen molar-refractivity contribution in [3.8, 4) is 0 Å². The van der Waals surface area contributed by atoms with Crippen LogP contribution in [0, 0.1) is 5.92 Å². The number of nitrogens with one attached hydrogen (secondary N) is 1. The zero-order valence-corrected chi connectivity index (χ0v) is 18.2. The predicted octanol–water partition coefficient (Wildman–Crippen LogP) is 4.16. The molecule has 2 aromatic carbocycles. The highest BCUT2D eigenvalue weighted by Crippen LogP contribution is 2.20. The van der Waals surface area contributed by atoms with Gasteiger partial charge in [0.05, 0.1) is 19.4 Å². The number of hydrogen-bond donors (Lipinski definition) is 1. The molecule has 2 heterocycles. The fraction of sp³-hybridized carbons (Fsp3) is 0.308. The third kappa shape index (κ3) is 6.08. The van der Waals surface area contributed by atoms with E-state index in [1.807, 2.05) is 65.6 Å². The highest BCUT2D eigenvalue weighted by atomic mass is 16.3. The molecule has 0 bridgehead atoms. The van der Waals surface area contributed by atoms with Crippen molar-refractivity contribution in [1.29, 1.82) is 0 Å². The highest BCUT2D eigenvalue weighted by molar-refractivity contribution is 5.92. The molecule has 0 aliphatic carbocycles. The Morgan fingerprint density at radius 3 is 2.25 bits per heavy atom. The lowest BCUT2D eigenvalue weighted by molar-refractivity contribution is -0.135. The van der Waals surface area contributed by atoms with Crippen LogP contribution < -0.4 is 5.32 Å². The van der Waals surface area contributed by atoms with Gasteiger partial charge in [-0.2, -0.15) is 0 Å². The molecule has 6 nitrogen and oxygen atoms in total. The smallest absolute Gasteiger partial charge is 0.236 e. The second-order valence-corrected chi connectivity index (χ2v) is 8.22. The monoisotopic (exact) mass is 431 g/mol. The van der Waals surface area contributed by atoms with E-state index in [1.54, 1.807) is 6.26 Å². The van der Waals surface area contributed by atoms with Gasteiger partial charge in [0.15, 0.2) is 0 Å². The van der Waals surface area contributed by atoms with E-state index < -0.39 is 0 Å². The van der Waals surface area contributed by atoms with E-state index in [9.17, 15) is 9.59 Å². The van der Waals surface area contributed by atoms with Crippen molar-refractivity contribution >= 4 is 17.5 Å². The Labute approximate surface area is 188 Å². The Balaban J connectivity index is 1.31. The third-order valence-corrected chi connectivity index (χ3v) is 5.83. The number of para-hydroxylation sites is 1. The summed E-state index contributed by atoms with van der Waals surface area (Å²) < 4.78 is 5.51. The van der Waals surface area contributed by atoms with Crippen LogP contribution >= 0.6 is 0 Å². The number of nitrogens with zero attached hydrogens (tertiary/aromatic N) is 2. The first kappa shape index (κ1) is 21.8. The summed E-state index contributed by atoms with van der Waals surface area (Å²) in [5.74, 6) is 0.897. The molecule has 0 spiro atoms. The molecule has 166 valence electrons. The van der Waals surface area contributed by atoms with Crippen LogP contribution in [0.15, 0.2) is 83.5 Å². The predicted molar refractivity (Wildman–Crippen MR) is 124 cm³/mol. The molecule has 1 aromatic heterocycles. The Hall–Kier alpha value is -3.38. The molecule has 1 aliphatic rings. The lowest BCUT2D eigenvalue weighted by atomic mass is 9.95. The zero-order chi connectivity index (χ0) is 22.2. The number of rotatable bonds is 8. The number of amides is 2. The van der Waals surface area contributed by atoms with E-state index in [0.29, 0.717) is 45.6 Å². The molecule has 1 fully saturated rings. The van der Waals surface area contributed by atoms with Gasteiger partial charge in [-0.3, -0.25) is 14.5 Å². The molecule has 32 heavy (non-hydrogen) atoms. The summed E-state index contributed by atoms with van der Waals surface area (Å²) in [6.07, 6.45) is 3.02. The second kappa shape index (κ2) is 10.8. The van der Waals surface area contributed by atoms with E-state index in [1.165, 1.54) is 0 Å². The number of likely N-dealkylation sites (tertiary alicyclic amines) is 1. The normalized spacial score (nSPS) is 14.5. The van der Waals surface area contributed by atoms with Gasteiger partial charge in [0.1, 0.15) is 5.76 Å². The van der Waals surface area contributed by atoms with E-state index in [-0.39, 0.29) is 17.7 Å². The SMILES string of the molecule is O=C(Nc1ccccc1)C1CCN(C(=O)CN(Cc2ccccc2)Cc2ccco2)CC1. The number of carbonyl (C=O) groups excluding carboxylic acids is 2. The maximum Gasteiger partial charge on any atom is 0.236 e. The molecular formula is C26H29N3O3. The number of benzene rings is 2. The van der Waals surface area contributed by atoms with Crippen LogP contribution in [-0.4, -0.2) is 41.2 Å². The van der Waals surface area contributed by atoms with Gasteiger partial charge in [-0.1, -0.05) is 48.5 Å². The van der Waals surface area contributed by atoms with Crippen molar-refractivity contribution in [2.24, 2.45) is 5.92 Å². The molecule has 1 N–H and O–H groups in total. The lowest BCUT2D eigenvalue weighted by Gasteiger charge is -2.33. The van der Waals surface area contributed by atoms with Gasteiger partial charge in [-0.05, 0) is 42.7 Å². The topological polar surface area (TPSA) is 65.8 Å². The minimum absolute atomic E-state index is 0.0341. The van der Waals surface area contributed by atoms with Crippen molar-refractivity contribution in [3.63, 3.8) is 0 Å². The summed E-state index contributed by atoms with van der Waals surface area (Å²) in [4.78, 5) is 29.6. The van der Waals surface area contributed by atoms with Crippen molar-refractivity contribution in [2.45, 2.75) is 25.9 Å². The number of furan rings is 1. The summed E-state index contributed by atoms with van der Waals surface area (Å²) in [6, 6.07) is 23.4. The molecule has 0 unspecified atom stereocenters. The zero-order valence-electron chi connectivity index (χ0n) is 18.2. The molecule has 3 aromatic rings. The molecule has 0 saturated carbocycles. The fourth-order valence-electron chi connectivity index (χ4n) is 4.08. The lowest BCUT2D eigenvalue weighted by Crippen LogP contribution is -2.45. The first-order chi connectivity index (χ1) is 15.7. The average Bonchev–Trinajstić information content (AvgIpc) is 3.33. The Morgan fingerprint density at radius 2 is 1.59 bits per heavy atom. The van der Waals surface area contributed by atoms with Gasteiger partial charge in [-0.15, -0.1) is 0 Å². The van der Waals surface area contributed by atoms with Crippen LogP contribution in [0.25, 0.3) is 0 Å². The summed E-state index contributed by atoms with van der Waals surface area (Å²) >= 11 is 0. The summed E-state index contributed by atoms with van der Waals surface area (Å²) in [5.41, 5.74) is 1.97. The van der Waals surface area contributed by atoms with Crippen molar-refractivity contribution in [3.05, 3.63) is 90.4 Å². The van der Waals surface area contributed by atoms with Gasteiger partial charge in [0.25, 0.3) is 0 Å². The Bertz CT molecular complexity index is 982.